The van der Waals surface area contributed by atoms with Crippen molar-refractivity contribution in [1.29, 1.82) is 0 Å². The van der Waals surface area contributed by atoms with Gasteiger partial charge in [0.1, 0.15) is 16.8 Å². The summed E-state index contributed by atoms with van der Waals surface area (Å²) in [4.78, 5) is 25.9. The van der Waals surface area contributed by atoms with Crippen LogP contribution in [-0.2, 0) is 12.6 Å². The maximum absolute atomic E-state index is 12.6. The summed E-state index contributed by atoms with van der Waals surface area (Å²) in [6.07, 6.45) is 3.14. The van der Waals surface area contributed by atoms with Crippen LogP contribution in [0.1, 0.15) is 26.5 Å². The van der Waals surface area contributed by atoms with Crippen LogP contribution in [0.15, 0.2) is 35.5 Å². The van der Waals surface area contributed by atoms with Gasteiger partial charge in [-0.25, -0.2) is 9.97 Å². The van der Waals surface area contributed by atoms with Crippen LogP contribution in [0.4, 0.5) is 5.82 Å². The van der Waals surface area contributed by atoms with Crippen molar-refractivity contribution < 1.29 is 5.11 Å². The Labute approximate surface area is 157 Å². The average molecular weight is 368 g/mol. The van der Waals surface area contributed by atoms with Crippen LogP contribution in [0.2, 0.25) is 0 Å². The van der Waals surface area contributed by atoms with Gasteiger partial charge in [-0.2, -0.15) is 0 Å². The molecule has 0 unspecified atom stereocenters. The molecule has 0 fully saturated rings. The second-order valence-electron chi connectivity index (χ2n) is 7.26. The van der Waals surface area contributed by atoms with Gasteiger partial charge in [-0.3, -0.25) is 9.78 Å². The van der Waals surface area contributed by atoms with E-state index >= 15 is 0 Å². The summed E-state index contributed by atoms with van der Waals surface area (Å²) < 4.78 is 1.42. The van der Waals surface area contributed by atoms with Gasteiger partial charge in [-0.15, -0.1) is 0 Å². The fourth-order valence-corrected chi connectivity index (χ4v) is 2.66. The molecule has 0 aliphatic rings. The molecule has 3 aromatic rings. The molecule has 0 aliphatic carbocycles. The summed E-state index contributed by atoms with van der Waals surface area (Å²) in [6.45, 7) is 5.70. The minimum atomic E-state index is -1.02. The summed E-state index contributed by atoms with van der Waals surface area (Å²) >= 11 is 0. The van der Waals surface area contributed by atoms with E-state index in [0.29, 0.717) is 34.7 Å². The third-order valence-electron chi connectivity index (χ3n) is 4.18. The lowest BCUT2D eigenvalue weighted by Gasteiger charge is -2.17. The predicted octanol–water partition coefficient (Wildman–Crippen LogP) is 1.38. The smallest absolute Gasteiger partial charge is 0.264 e. The lowest BCUT2D eigenvalue weighted by atomic mass is 10.0. The quantitative estimate of drug-likeness (QED) is 0.622. The molecule has 0 saturated heterocycles. The van der Waals surface area contributed by atoms with Crippen LogP contribution in [-0.4, -0.2) is 37.2 Å². The number of aromatic nitrogens is 4. The van der Waals surface area contributed by atoms with Crippen molar-refractivity contribution in [3.8, 4) is 11.3 Å². The van der Waals surface area contributed by atoms with Crippen molar-refractivity contribution >= 4 is 16.7 Å². The molecule has 142 valence electrons. The van der Waals surface area contributed by atoms with Crippen molar-refractivity contribution in [2.24, 2.45) is 12.8 Å². The molecule has 1 atom stereocenters. The van der Waals surface area contributed by atoms with Crippen molar-refractivity contribution in [1.82, 2.24) is 19.5 Å². The number of anilines is 1. The molecule has 8 nitrogen and oxygen atoms in total. The molecule has 0 aliphatic heterocycles. The molecule has 0 aromatic carbocycles. The fourth-order valence-electron chi connectivity index (χ4n) is 2.66. The molecule has 27 heavy (non-hydrogen) atoms. The molecule has 0 saturated carbocycles. The van der Waals surface area contributed by atoms with E-state index in [2.05, 4.69) is 20.3 Å². The number of nitrogens with one attached hydrogen (secondary N) is 1. The molecule has 0 spiro atoms. The van der Waals surface area contributed by atoms with E-state index in [0.717, 1.165) is 5.56 Å². The van der Waals surface area contributed by atoms with Gasteiger partial charge in [0.15, 0.2) is 0 Å². The number of aryl methyl sites for hydroxylation is 1. The van der Waals surface area contributed by atoms with Gasteiger partial charge in [0.2, 0.25) is 0 Å². The Morgan fingerprint density at radius 3 is 2.67 bits per heavy atom. The second kappa shape index (κ2) is 7.05. The highest BCUT2D eigenvalue weighted by atomic mass is 16.3. The molecule has 0 amide bonds. The Hall–Kier alpha value is -2.84. The highest BCUT2D eigenvalue weighted by Crippen LogP contribution is 2.26. The third-order valence-corrected chi connectivity index (χ3v) is 4.18. The minimum absolute atomic E-state index is 0.0984. The molecule has 3 heterocycles. The van der Waals surface area contributed by atoms with Gasteiger partial charge in [0.05, 0.1) is 23.2 Å². The Kier molecular flexibility index (Phi) is 4.95. The van der Waals surface area contributed by atoms with Crippen molar-refractivity contribution in [2.45, 2.75) is 32.4 Å². The third kappa shape index (κ3) is 3.96. The zero-order valence-electron chi connectivity index (χ0n) is 15.9. The normalized spacial score (nSPS) is 13.0. The van der Waals surface area contributed by atoms with Gasteiger partial charge in [0.25, 0.3) is 5.56 Å². The Morgan fingerprint density at radius 2 is 2.07 bits per heavy atom. The molecular weight excluding hydrogens is 344 g/mol. The summed E-state index contributed by atoms with van der Waals surface area (Å²) in [7, 11) is 1.65. The lowest BCUT2D eigenvalue weighted by molar-refractivity contribution is 0.0739. The van der Waals surface area contributed by atoms with Gasteiger partial charge >= 0.3 is 0 Å². The largest absolute Gasteiger partial charge is 0.384 e. The maximum Gasteiger partial charge on any atom is 0.264 e. The number of hydrogen-bond donors (Lipinski definition) is 3. The summed E-state index contributed by atoms with van der Waals surface area (Å²) in [6, 6.07) is 5.26. The van der Waals surface area contributed by atoms with Gasteiger partial charge < -0.3 is 20.7 Å². The monoisotopic (exact) mass is 368 g/mol. The van der Waals surface area contributed by atoms with E-state index in [4.69, 9.17) is 5.73 Å². The molecule has 4 N–H and O–H groups in total. The van der Waals surface area contributed by atoms with Crippen LogP contribution < -0.4 is 16.6 Å². The van der Waals surface area contributed by atoms with E-state index < -0.39 is 5.60 Å². The van der Waals surface area contributed by atoms with Crippen molar-refractivity contribution in [2.75, 3.05) is 11.9 Å². The predicted molar refractivity (Wildman–Crippen MR) is 105 cm³/mol. The zero-order chi connectivity index (χ0) is 19.8. The molecule has 0 radical (unpaired) electrons. The van der Waals surface area contributed by atoms with Crippen molar-refractivity contribution in [3.63, 3.8) is 0 Å². The van der Waals surface area contributed by atoms with E-state index in [1.165, 1.54) is 10.9 Å². The van der Waals surface area contributed by atoms with Crippen LogP contribution in [0.25, 0.3) is 22.2 Å². The number of rotatable bonds is 5. The van der Waals surface area contributed by atoms with Crippen LogP contribution in [0.3, 0.4) is 0 Å². The lowest BCUT2D eigenvalue weighted by Crippen LogP contribution is -2.27. The van der Waals surface area contributed by atoms with Crippen LogP contribution in [0.5, 0.6) is 0 Å². The molecule has 3 rings (SSSR count). The Morgan fingerprint density at radius 1 is 1.33 bits per heavy atom. The maximum atomic E-state index is 12.6. The van der Waals surface area contributed by atoms with Gasteiger partial charge in [0, 0.05) is 31.4 Å². The minimum Gasteiger partial charge on any atom is -0.384 e. The van der Waals surface area contributed by atoms with Crippen LogP contribution in [0, 0.1) is 0 Å². The van der Waals surface area contributed by atoms with Crippen molar-refractivity contribution in [3.05, 3.63) is 46.8 Å². The number of nitrogens with two attached hydrogens (primary N) is 1. The van der Waals surface area contributed by atoms with E-state index in [1.54, 1.807) is 39.2 Å². The standard InChI is InChI=1S/C19H24N6O2/c1-11(20)8-22-17-16-14(23-10-25(4)18(16)26)7-13(24-17)12-5-6-15(21-9-12)19(2,3)27/h5-7,9-11,27H,8,20H2,1-4H3,(H,22,24)/t11-/m0/s1. The SMILES string of the molecule is C[C@H](N)CNc1nc(-c2ccc(C(C)(C)O)nc2)cc2ncn(C)c(=O)c12. The molecule has 0 bridgehead atoms. The first-order valence-electron chi connectivity index (χ1n) is 8.72. The van der Waals surface area contributed by atoms with E-state index in [9.17, 15) is 9.90 Å². The number of nitrogens with zero attached hydrogens (tertiary/aromatic N) is 4. The van der Waals surface area contributed by atoms with Crippen LogP contribution >= 0.6 is 0 Å². The summed E-state index contributed by atoms with van der Waals surface area (Å²) in [5.74, 6) is 0.445. The molecule has 3 aromatic heterocycles. The first kappa shape index (κ1) is 18.9. The summed E-state index contributed by atoms with van der Waals surface area (Å²) in [5.41, 5.74) is 7.13. The first-order valence-corrected chi connectivity index (χ1v) is 8.72. The van der Waals surface area contributed by atoms with Gasteiger partial charge in [-0.1, -0.05) is 0 Å². The number of pyridine rings is 2. The Balaban J connectivity index is 2.14. The second-order valence-corrected chi connectivity index (χ2v) is 7.26. The fraction of sp³-hybridized carbons (Fsp3) is 0.368. The molecular formula is C19H24N6O2. The number of aliphatic hydroxyl groups is 1. The number of fused-ring (bicyclic) bond motifs is 1. The Bertz CT molecular complexity index is 1020. The zero-order valence-corrected chi connectivity index (χ0v) is 15.9. The average Bonchev–Trinajstić information content (AvgIpc) is 2.62. The van der Waals surface area contributed by atoms with Gasteiger partial charge in [-0.05, 0) is 39.0 Å². The molecule has 8 heteroatoms. The highest BCUT2D eigenvalue weighted by molar-refractivity contribution is 5.91. The first-order chi connectivity index (χ1) is 12.7. The number of hydrogen-bond acceptors (Lipinski definition) is 7. The highest BCUT2D eigenvalue weighted by Gasteiger charge is 2.18. The van der Waals surface area contributed by atoms with E-state index in [1.807, 2.05) is 13.0 Å². The van der Waals surface area contributed by atoms with E-state index in [-0.39, 0.29) is 11.6 Å². The summed E-state index contributed by atoms with van der Waals surface area (Å²) in [5, 5.41) is 13.6. The topological polar surface area (TPSA) is 119 Å².